The summed E-state index contributed by atoms with van der Waals surface area (Å²) in [5.74, 6) is 0.305. The van der Waals surface area contributed by atoms with Crippen molar-refractivity contribution in [2.24, 2.45) is 0 Å². The van der Waals surface area contributed by atoms with Crippen LogP contribution in [0.5, 0.6) is 0 Å². The van der Waals surface area contributed by atoms with E-state index in [1.807, 2.05) is 6.92 Å². The molecule has 4 rings (SSSR count). The van der Waals surface area contributed by atoms with Crippen LogP contribution in [0.25, 0.3) is 10.2 Å². The molecule has 1 fully saturated rings. The minimum atomic E-state index is -0.943. The van der Waals surface area contributed by atoms with Crippen LogP contribution in [0.2, 0.25) is 0 Å². The zero-order valence-electron chi connectivity index (χ0n) is 15.0. The van der Waals surface area contributed by atoms with Crippen molar-refractivity contribution in [3.63, 3.8) is 0 Å². The van der Waals surface area contributed by atoms with Gasteiger partial charge in [-0.05, 0) is 31.3 Å². The molecule has 3 aromatic rings. The van der Waals surface area contributed by atoms with Gasteiger partial charge in [-0.2, -0.15) is 19.4 Å². The standard InChI is InChI=1S/C17H21N7O2S/c1-10-14-15(19-11-5-3-2-4-6-11)21-17(22-16(14)27-23-10)20-12-7-18-24(8-12)9-13(25)26/h7-8,11H,2-6,9H2,1H3,(H,25,26)(H2,19,20,21,22). The van der Waals surface area contributed by atoms with Crippen molar-refractivity contribution in [1.29, 1.82) is 0 Å². The number of anilines is 3. The second-order valence-corrected chi connectivity index (χ2v) is 7.52. The molecule has 0 atom stereocenters. The highest BCUT2D eigenvalue weighted by molar-refractivity contribution is 7.13. The van der Waals surface area contributed by atoms with Gasteiger partial charge < -0.3 is 15.7 Å². The van der Waals surface area contributed by atoms with Gasteiger partial charge in [-0.25, -0.2) is 0 Å². The molecular formula is C17H21N7O2S. The Balaban J connectivity index is 1.61. The molecule has 3 heterocycles. The molecule has 3 N–H and O–H groups in total. The molecule has 0 aliphatic heterocycles. The summed E-state index contributed by atoms with van der Waals surface area (Å²) in [6, 6.07) is 0.419. The highest BCUT2D eigenvalue weighted by Crippen LogP contribution is 2.31. The van der Waals surface area contributed by atoms with Gasteiger partial charge in [-0.15, -0.1) is 0 Å². The van der Waals surface area contributed by atoms with Gasteiger partial charge in [0.05, 0.1) is 23.0 Å². The van der Waals surface area contributed by atoms with E-state index in [2.05, 4.69) is 30.1 Å². The van der Waals surface area contributed by atoms with E-state index in [0.717, 1.165) is 34.6 Å². The van der Waals surface area contributed by atoms with Crippen LogP contribution in [0.4, 0.5) is 17.5 Å². The molecule has 9 nitrogen and oxygen atoms in total. The molecule has 0 amide bonds. The summed E-state index contributed by atoms with van der Waals surface area (Å²) in [6.07, 6.45) is 9.24. The Bertz CT molecular complexity index is 962. The van der Waals surface area contributed by atoms with E-state index < -0.39 is 5.97 Å². The van der Waals surface area contributed by atoms with Crippen LogP contribution in [0, 0.1) is 6.92 Å². The Labute approximate surface area is 160 Å². The van der Waals surface area contributed by atoms with Gasteiger partial charge in [0.1, 0.15) is 12.4 Å². The van der Waals surface area contributed by atoms with Gasteiger partial charge in [-0.3, -0.25) is 9.48 Å². The predicted molar refractivity (Wildman–Crippen MR) is 104 cm³/mol. The van der Waals surface area contributed by atoms with E-state index in [1.54, 1.807) is 12.4 Å². The number of carbonyl (C=O) groups is 1. The number of hydrogen-bond acceptors (Lipinski definition) is 8. The molecule has 1 aliphatic rings. The van der Waals surface area contributed by atoms with E-state index >= 15 is 0 Å². The zero-order valence-corrected chi connectivity index (χ0v) is 15.8. The first kappa shape index (κ1) is 17.7. The number of carboxylic acid groups (broad SMARTS) is 1. The SMILES string of the molecule is Cc1nsc2nc(Nc3cnn(CC(=O)O)c3)nc(NC3CCCCC3)c12. The fourth-order valence-electron chi connectivity index (χ4n) is 3.37. The topological polar surface area (TPSA) is 118 Å². The van der Waals surface area contributed by atoms with Gasteiger partial charge in [0, 0.05) is 12.2 Å². The number of hydrogen-bond donors (Lipinski definition) is 3. The summed E-state index contributed by atoms with van der Waals surface area (Å²) in [4.78, 5) is 20.8. The molecule has 3 aromatic heterocycles. The number of fused-ring (bicyclic) bond motifs is 1. The summed E-state index contributed by atoms with van der Waals surface area (Å²) >= 11 is 1.35. The van der Waals surface area contributed by atoms with Crippen molar-refractivity contribution in [3.8, 4) is 0 Å². The highest BCUT2D eigenvalue weighted by Gasteiger charge is 2.19. The largest absolute Gasteiger partial charge is 0.480 e. The van der Waals surface area contributed by atoms with Crippen molar-refractivity contribution >= 4 is 45.2 Å². The van der Waals surface area contributed by atoms with Gasteiger partial charge in [0.15, 0.2) is 4.83 Å². The Morgan fingerprint density at radius 2 is 2.15 bits per heavy atom. The normalized spacial score (nSPS) is 15.1. The predicted octanol–water partition coefficient (Wildman–Crippen LogP) is 3.16. The molecule has 142 valence electrons. The average molecular weight is 387 g/mol. The summed E-state index contributed by atoms with van der Waals surface area (Å²) in [5, 5.41) is 20.6. The molecule has 0 radical (unpaired) electrons. The lowest BCUT2D eigenvalue weighted by Crippen LogP contribution is -2.23. The van der Waals surface area contributed by atoms with Crippen LogP contribution in [0.15, 0.2) is 12.4 Å². The highest BCUT2D eigenvalue weighted by atomic mass is 32.1. The van der Waals surface area contributed by atoms with Gasteiger partial charge in [0.2, 0.25) is 5.95 Å². The molecule has 10 heteroatoms. The third kappa shape index (κ3) is 4.00. The van der Waals surface area contributed by atoms with Crippen molar-refractivity contribution in [2.45, 2.75) is 51.6 Å². The Hall–Kier alpha value is -2.75. The molecule has 0 bridgehead atoms. The first-order valence-corrected chi connectivity index (χ1v) is 9.77. The van der Waals surface area contributed by atoms with Crippen LogP contribution in [0.1, 0.15) is 37.8 Å². The second-order valence-electron chi connectivity index (χ2n) is 6.77. The van der Waals surface area contributed by atoms with Crippen LogP contribution in [-0.2, 0) is 11.3 Å². The molecule has 27 heavy (non-hydrogen) atoms. The van der Waals surface area contributed by atoms with E-state index in [-0.39, 0.29) is 6.54 Å². The maximum Gasteiger partial charge on any atom is 0.325 e. The lowest BCUT2D eigenvalue weighted by Gasteiger charge is -2.23. The zero-order chi connectivity index (χ0) is 18.8. The minimum absolute atomic E-state index is 0.190. The quantitative estimate of drug-likeness (QED) is 0.590. The smallest absolute Gasteiger partial charge is 0.325 e. The number of aryl methyl sites for hydroxylation is 1. The number of rotatable bonds is 6. The number of nitrogens with one attached hydrogen (secondary N) is 2. The van der Waals surface area contributed by atoms with E-state index in [9.17, 15) is 4.79 Å². The van der Waals surface area contributed by atoms with Crippen LogP contribution in [0.3, 0.4) is 0 Å². The number of aliphatic carboxylic acids is 1. The first-order chi connectivity index (χ1) is 13.1. The Morgan fingerprint density at radius 3 is 2.93 bits per heavy atom. The summed E-state index contributed by atoms with van der Waals surface area (Å²) in [7, 11) is 0. The average Bonchev–Trinajstić information content (AvgIpc) is 3.22. The summed E-state index contributed by atoms with van der Waals surface area (Å²) in [6.45, 7) is 1.78. The third-order valence-electron chi connectivity index (χ3n) is 4.64. The Morgan fingerprint density at radius 1 is 1.33 bits per heavy atom. The molecule has 0 aromatic carbocycles. The maximum atomic E-state index is 10.8. The molecule has 0 spiro atoms. The van der Waals surface area contributed by atoms with Crippen molar-refractivity contribution in [2.75, 3.05) is 10.6 Å². The Kier molecular flexibility index (Phi) is 4.88. The summed E-state index contributed by atoms with van der Waals surface area (Å²) < 4.78 is 5.77. The first-order valence-electron chi connectivity index (χ1n) is 9.00. The van der Waals surface area contributed by atoms with Gasteiger partial charge in [-0.1, -0.05) is 19.3 Å². The van der Waals surface area contributed by atoms with Crippen molar-refractivity contribution in [1.82, 2.24) is 24.1 Å². The second kappa shape index (κ2) is 7.47. The molecular weight excluding hydrogens is 366 g/mol. The number of aromatic nitrogens is 5. The lowest BCUT2D eigenvalue weighted by molar-refractivity contribution is -0.137. The van der Waals surface area contributed by atoms with E-state index in [1.165, 1.54) is 35.5 Å². The van der Waals surface area contributed by atoms with Crippen LogP contribution >= 0.6 is 11.5 Å². The van der Waals surface area contributed by atoms with Crippen molar-refractivity contribution < 1.29 is 9.90 Å². The van der Waals surface area contributed by atoms with Crippen LogP contribution < -0.4 is 10.6 Å². The van der Waals surface area contributed by atoms with E-state index in [0.29, 0.717) is 17.7 Å². The monoisotopic (exact) mass is 387 g/mol. The fourth-order valence-corrected chi connectivity index (χ4v) is 4.15. The lowest BCUT2D eigenvalue weighted by atomic mass is 9.95. The van der Waals surface area contributed by atoms with Gasteiger partial charge in [0.25, 0.3) is 0 Å². The molecule has 1 saturated carbocycles. The minimum Gasteiger partial charge on any atom is -0.480 e. The number of nitrogens with zero attached hydrogens (tertiary/aromatic N) is 5. The fraction of sp³-hybridized carbons (Fsp3) is 0.471. The summed E-state index contributed by atoms with van der Waals surface area (Å²) in [5.41, 5.74) is 1.56. The van der Waals surface area contributed by atoms with Gasteiger partial charge >= 0.3 is 5.97 Å². The van der Waals surface area contributed by atoms with Crippen LogP contribution in [-0.4, -0.2) is 41.2 Å². The molecule has 0 unspecified atom stereocenters. The third-order valence-corrected chi connectivity index (χ3v) is 5.47. The molecule has 1 aliphatic carbocycles. The van der Waals surface area contributed by atoms with Crippen molar-refractivity contribution in [3.05, 3.63) is 18.1 Å². The maximum absolute atomic E-state index is 10.8. The number of carboxylic acids is 1. The van der Waals surface area contributed by atoms with E-state index in [4.69, 9.17) is 5.11 Å². The molecule has 0 saturated heterocycles.